The molecule has 0 spiro atoms. The van der Waals surface area contributed by atoms with Crippen LogP contribution in [-0.4, -0.2) is 43.0 Å². The number of hydrogen-bond donors (Lipinski definition) is 2. The molecule has 1 heterocycles. The Bertz CT molecular complexity index is 381. The minimum absolute atomic E-state index is 0.0240. The van der Waals surface area contributed by atoms with E-state index in [1.54, 1.807) is 13.2 Å². The van der Waals surface area contributed by atoms with Crippen LogP contribution in [0.1, 0.15) is 18.9 Å². The third-order valence-corrected chi connectivity index (χ3v) is 2.53. The van der Waals surface area contributed by atoms with Crippen LogP contribution in [-0.2, 0) is 11.3 Å². The predicted molar refractivity (Wildman–Crippen MR) is 73.4 cm³/mol. The Kier molecular flexibility index (Phi) is 6.14. The van der Waals surface area contributed by atoms with Crippen LogP contribution in [0.5, 0.6) is 0 Å². The highest BCUT2D eigenvalue weighted by atomic mass is 16.1. The molecule has 0 aromatic carbocycles. The van der Waals surface area contributed by atoms with Crippen molar-refractivity contribution in [2.75, 3.05) is 32.5 Å². The minimum Gasteiger partial charge on any atom is -0.370 e. The van der Waals surface area contributed by atoms with Crippen molar-refractivity contribution in [3.05, 3.63) is 23.9 Å². The highest BCUT2D eigenvalue weighted by Crippen LogP contribution is 2.08. The van der Waals surface area contributed by atoms with Gasteiger partial charge in [-0.2, -0.15) is 0 Å². The van der Waals surface area contributed by atoms with Crippen LogP contribution in [0.3, 0.4) is 0 Å². The number of aromatic nitrogens is 1. The summed E-state index contributed by atoms with van der Waals surface area (Å²) in [6.07, 6.45) is 2.86. The average molecular weight is 250 g/mol. The van der Waals surface area contributed by atoms with Crippen LogP contribution < -0.4 is 10.6 Å². The summed E-state index contributed by atoms with van der Waals surface area (Å²) in [6, 6.07) is 3.99. The van der Waals surface area contributed by atoms with Crippen LogP contribution in [0, 0.1) is 0 Å². The normalized spacial score (nSPS) is 10.4. The van der Waals surface area contributed by atoms with Gasteiger partial charge in [-0.25, -0.2) is 4.98 Å². The lowest BCUT2D eigenvalue weighted by Gasteiger charge is -2.16. The molecule has 5 nitrogen and oxygen atoms in total. The highest BCUT2D eigenvalue weighted by molar-refractivity contribution is 5.77. The van der Waals surface area contributed by atoms with E-state index in [0.29, 0.717) is 6.54 Å². The molecular weight excluding hydrogens is 228 g/mol. The van der Waals surface area contributed by atoms with E-state index in [4.69, 9.17) is 0 Å². The Morgan fingerprint density at radius 1 is 1.50 bits per heavy atom. The number of nitrogens with one attached hydrogen (secondary N) is 2. The van der Waals surface area contributed by atoms with Crippen molar-refractivity contribution >= 4 is 11.7 Å². The molecule has 100 valence electrons. The molecule has 18 heavy (non-hydrogen) atoms. The zero-order chi connectivity index (χ0) is 13.4. The molecule has 2 N–H and O–H groups in total. The van der Waals surface area contributed by atoms with Gasteiger partial charge in [-0.1, -0.05) is 6.92 Å². The number of likely N-dealkylation sites (N-methyl/N-ethyl adjacent to an activating group) is 2. The fourth-order valence-electron chi connectivity index (χ4n) is 1.61. The van der Waals surface area contributed by atoms with Crippen LogP contribution in [0.2, 0.25) is 0 Å². The fourth-order valence-corrected chi connectivity index (χ4v) is 1.61. The van der Waals surface area contributed by atoms with Crippen molar-refractivity contribution in [2.45, 2.75) is 19.9 Å². The highest BCUT2D eigenvalue weighted by Gasteiger charge is 2.05. The van der Waals surface area contributed by atoms with E-state index in [1.165, 1.54) is 0 Å². The molecule has 0 radical (unpaired) electrons. The van der Waals surface area contributed by atoms with Gasteiger partial charge >= 0.3 is 0 Å². The lowest BCUT2D eigenvalue weighted by molar-refractivity contribution is -0.121. The number of rotatable bonds is 7. The molecule has 0 aliphatic heterocycles. The van der Waals surface area contributed by atoms with Gasteiger partial charge in [0.1, 0.15) is 5.82 Å². The van der Waals surface area contributed by atoms with Crippen molar-refractivity contribution < 1.29 is 4.79 Å². The van der Waals surface area contributed by atoms with Gasteiger partial charge in [0, 0.05) is 26.3 Å². The van der Waals surface area contributed by atoms with Gasteiger partial charge in [0.05, 0.1) is 6.54 Å². The van der Waals surface area contributed by atoms with Gasteiger partial charge in [-0.15, -0.1) is 0 Å². The molecule has 1 aromatic rings. The maximum absolute atomic E-state index is 11.2. The maximum Gasteiger partial charge on any atom is 0.233 e. The predicted octanol–water partition coefficient (Wildman–Crippen LogP) is 1.08. The van der Waals surface area contributed by atoms with Crippen LogP contribution in [0.15, 0.2) is 18.3 Å². The second-order valence-corrected chi connectivity index (χ2v) is 4.32. The van der Waals surface area contributed by atoms with E-state index in [1.807, 2.05) is 24.1 Å². The first kappa shape index (κ1) is 14.4. The Labute approximate surface area is 109 Å². The number of carbonyl (C=O) groups excluding carboxylic acids is 1. The molecule has 0 unspecified atom stereocenters. The van der Waals surface area contributed by atoms with Gasteiger partial charge < -0.3 is 10.6 Å². The first-order valence-electron chi connectivity index (χ1n) is 6.23. The fraction of sp³-hybridized carbons (Fsp3) is 0.538. The maximum atomic E-state index is 11.2. The van der Waals surface area contributed by atoms with Crippen LogP contribution in [0.4, 0.5) is 5.82 Å². The molecule has 1 rings (SSSR count). The van der Waals surface area contributed by atoms with E-state index < -0.39 is 0 Å². The summed E-state index contributed by atoms with van der Waals surface area (Å²) >= 11 is 0. The molecule has 1 amide bonds. The topological polar surface area (TPSA) is 57.3 Å². The monoisotopic (exact) mass is 250 g/mol. The van der Waals surface area contributed by atoms with Crippen molar-refractivity contribution in [3.8, 4) is 0 Å². The van der Waals surface area contributed by atoms with E-state index in [9.17, 15) is 4.79 Å². The van der Waals surface area contributed by atoms with E-state index in [2.05, 4.69) is 22.5 Å². The van der Waals surface area contributed by atoms with Crippen molar-refractivity contribution in [1.29, 1.82) is 0 Å². The lowest BCUT2D eigenvalue weighted by atomic mass is 10.2. The number of nitrogens with zero attached hydrogens (tertiary/aromatic N) is 2. The van der Waals surface area contributed by atoms with Gasteiger partial charge in [0.2, 0.25) is 5.91 Å². The number of carbonyl (C=O) groups is 1. The number of anilines is 1. The molecule has 0 aliphatic rings. The molecular formula is C13H22N4O. The Balaban J connectivity index is 2.53. The van der Waals surface area contributed by atoms with Crippen LogP contribution >= 0.6 is 0 Å². The zero-order valence-corrected chi connectivity index (χ0v) is 11.4. The van der Waals surface area contributed by atoms with Gasteiger partial charge in [-0.3, -0.25) is 9.69 Å². The molecule has 0 aliphatic carbocycles. The Morgan fingerprint density at radius 2 is 2.28 bits per heavy atom. The van der Waals surface area contributed by atoms with Gasteiger partial charge in [0.15, 0.2) is 0 Å². The number of amides is 1. The first-order valence-corrected chi connectivity index (χ1v) is 6.23. The summed E-state index contributed by atoms with van der Waals surface area (Å²) in [5, 5.41) is 5.87. The molecule has 0 fully saturated rings. The molecule has 0 atom stereocenters. The van der Waals surface area contributed by atoms with Gasteiger partial charge in [-0.05, 0) is 31.2 Å². The third-order valence-electron chi connectivity index (χ3n) is 2.53. The Hall–Kier alpha value is -1.62. The molecule has 5 heteroatoms. The minimum atomic E-state index is 0.0240. The summed E-state index contributed by atoms with van der Waals surface area (Å²) in [4.78, 5) is 17.5. The first-order chi connectivity index (χ1) is 8.65. The standard InChI is InChI=1S/C13H22N4O/c1-4-6-15-12-8-11(5-7-16-12)9-17(3)10-13(18)14-2/h5,7-8H,4,6,9-10H2,1-3H3,(H,14,18)(H,15,16). The van der Waals surface area contributed by atoms with Crippen LogP contribution in [0.25, 0.3) is 0 Å². The smallest absolute Gasteiger partial charge is 0.233 e. The second-order valence-electron chi connectivity index (χ2n) is 4.32. The summed E-state index contributed by atoms with van der Waals surface area (Å²) < 4.78 is 0. The summed E-state index contributed by atoms with van der Waals surface area (Å²) in [5.74, 6) is 0.915. The van der Waals surface area contributed by atoms with Gasteiger partial charge in [0.25, 0.3) is 0 Å². The van der Waals surface area contributed by atoms with E-state index in [-0.39, 0.29) is 5.91 Å². The van der Waals surface area contributed by atoms with E-state index >= 15 is 0 Å². The number of hydrogen-bond acceptors (Lipinski definition) is 4. The quantitative estimate of drug-likeness (QED) is 0.760. The van der Waals surface area contributed by atoms with Crippen molar-refractivity contribution in [2.24, 2.45) is 0 Å². The number of pyridine rings is 1. The summed E-state index contributed by atoms with van der Waals surface area (Å²) in [7, 11) is 3.57. The third kappa shape index (κ3) is 5.14. The SMILES string of the molecule is CCCNc1cc(CN(C)CC(=O)NC)ccn1. The Morgan fingerprint density at radius 3 is 2.94 bits per heavy atom. The lowest BCUT2D eigenvalue weighted by Crippen LogP contribution is -2.32. The van der Waals surface area contributed by atoms with Crippen molar-refractivity contribution in [3.63, 3.8) is 0 Å². The second kappa shape index (κ2) is 7.66. The molecule has 1 aromatic heterocycles. The van der Waals surface area contributed by atoms with E-state index in [0.717, 1.165) is 30.9 Å². The average Bonchev–Trinajstić information content (AvgIpc) is 2.36. The zero-order valence-electron chi connectivity index (χ0n) is 11.4. The van der Waals surface area contributed by atoms with Crippen molar-refractivity contribution in [1.82, 2.24) is 15.2 Å². The molecule has 0 saturated carbocycles. The summed E-state index contributed by atoms with van der Waals surface area (Å²) in [6.45, 7) is 4.17. The largest absolute Gasteiger partial charge is 0.370 e. The summed E-state index contributed by atoms with van der Waals surface area (Å²) in [5.41, 5.74) is 1.15. The molecule has 0 saturated heterocycles. The molecule has 0 bridgehead atoms.